The minimum absolute atomic E-state index is 0.202. The Morgan fingerprint density at radius 1 is 0.676 bits per heavy atom. The van der Waals surface area contributed by atoms with E-state index in [-0.39, 0.29) is 23.1 Å². The van der Waals surface area contributed by atoms with Gasteiger partial charge in [-0.05, 0) is 16.7 Å². The van der Waals surface area contributed by atoms with Crippen LogP contribution in [0.1, 0.15) is 16.7 Å². The summed E-state index contributed by atoms with van der Waals surface area (Å²) in [5, 5.41) is 0. The van der Waals surface area contributed by atoms with Gasteiger partial charge in [-0.1, -0.05) is 107 Å². The third kappa shape index (κ3) is 6.98. The van der Waals surface area contributed by atoms with Gasteiger partial charge in [0, 0.05) is 7.11 Å². The molecule has 0 aliphatic carbocycles. The molecule has 3 aromatic rings. The van der Waals surface area contributed by atoms with E-state index in [9.17, 15) is 0 Å². The maximum Gasteiger partial charge on any atom is 0.172 e. The quantitative estimate of drug-likeness (QED) is 0.308. The SMILES string of the molecule is CO[C@H]1O[C@H](COCc2ccccc2)[C@@H](OCc2ccccc2)[C@H](OCc2ccccc2)[C@@H]1Br. The Hall–Kier alpha value is -2.06. The Morgan fingerprint density at radius 3 is 1.65 bits per heavy atom. The lowest BCUT2D eigenvalue weighted by Gasteiger charge is -2.44. The molecule has 0 radical (unpaired) electrons. The third-order valence-corrected chi connectivity index (χ3v) is 6.72. The summed E-state index contributed by atoms with van der Waals surface area (Å²) in [6.45, 7) is 1.77. The van der Waals surface area contributed by atoms with E-state index in [1.165, 1.54) is 0 Å². The molecule has 1 fully saturated rings. The number of halogens is 1. The minimum atomic E-state index is -0.484. The number of hydrogen-bond acceptors (Lipinski definition) is 5. The average Bonchev–Trinajstić information content (AvgIpc) is 2.89. The first-order valence-electron chi connectivity index (χ1n) is 11.5. The highest BCUT2D eigenvalue weighted by Gasteiger charge is 2.46. The van der Waals surface area contributed by atoms with Crippen molar-refractivity contribution < 1.29 is 23.7 Å². The first kappa shape index (κ1) is 25.0. The van der Waals surface area contributed by atoms with Crippen LogP contribution in [0.15, 0.2) is 91.0 Å². The molecule has 1 aliphatic rings. The van der Waals surface area contributed by atoms with Gasteiger partial charge in [-0.15, -0.1) is 0 Å². The second-order valence-corrected chi connectivity index (χ2v) is 9.30. The topological polar surface area (TPSA) is 46.2 Å². The lowest BCUT2D eigenvalue weighted by molar-refractivity contribution is -0.267. The Balaban J connectivity index is 1.48. The van der Waals surface area contributed by atoms with Crippen LogP contribution in [0.5, 0.6) is 0 Å². The average molecular weight is 527 g/mol. The maximum atomic E-state index is 6.43. The third-order valence-electron chi connectivity index (χ3n) is 5.77. The lowest BCUT2D eigenvalue weighted by atomic mass is 10.0. The van der Waals surface area contributed by atoms with E-state index >= 15 is 0 Å². The summed E-state index contributed by atoms with van der Waals surface area (Å²) in [6.07, 6.45) is -1.49. The molecule has 0 amide bonds. The van der Waals surface area contributed by atoms with E-state index in [2.05, 4.69) is 28.1 Å². The summed E-state index contributed by atoms with van der Waals surface area (Å²) < 4.78 is 30.8. The minimum Gasteiger partial charge on any atom is -0.374 e. The summed E-state index contributed by atoms with van der Waals surface area (Å²) in [7, 11) is 1.64. The zero-order chi connectivity index (χ0) is 23.6. The van der Waals surface area contributed by atoms with Gasteiger partial charge in [0.2, 0.25) is 0 Å². The van der Waals surface area contributed by atoms with Crippen molar-refractivity contribution in [2.45, 2.75) is 49.2 Å². The molecule has 3 aromatic carbocycles. The Bertz CT molecular complexity index is 956. The van der Waals surface area contributed by atoms with Crippen molar-refractivity contribution in [3.8, 4) is 0 Å². The molecule has 0 unspecified atom stereocenters. The van der Waals surface area contributed by atoms with Gasteiger partial charge in [0.15, 0.2) is 6.29 Å². The second-order valence-electron chi connectivity index (χ2n) is 8.25. The highest BCUT2D eigenvalue weighted by Crippen LogP contribution is 2.32. The number of benzene rings is 3. The van der Waals surface area contributed by atoms with Crippen LogP contribution in [0.4, 0.5) is 0 Å². The zero-order valence-electron chi connectivity index (χ0n) is 19.3. The van der Waals surface area contributed by atoms with Crippen LogP contribution in [-0.2, 0) is 43.5 Å². The predicted octanol–water partition coefficient (Wildman–Crippen LogP) is 5.51. The summed E-state index contributed by atoms with van der Waals surface area (Å²) >= 11 is 3.76. The predicted molar refractivity (Wildman–Crippen MR) is 135 cm³/mol. The molecule has 5 nitrogen and oxygen atoms in total. The van der Waals surface area contributed by atoms with E-state index in [1.54, 1.807) is 7.11 Å². The zero-order valence-corrected chi connectivity index (χ0v) is 20.9. The number of hydrogen-bond donors (Lipinski definition) is 0. The maximum absolute atomic E-state index is 6.43. The van der Waals surface area contributed by atoms with E-state index in [1.807, 2.05) is 78.9 Å². The van der Waals surface area contributed by atoms with Gasteiger partial charge in [-0.2, -0.15) is 0 Å². The van der Waals surface area contributed by atoms with E-state index in [4.69, 9.17) is 23.7 Å². The van der Waals surface area contributed by atoms with E-state index in [0.29, 0.717) is 26.4 Å². The van der Waals surface area contributed by atoms with Crippen LogP contribution >= 0.6 is 15.9 Å². The molecule has 0 bridgehead atoms. The molecule has 0 aromatic heterocycles. The molecule has 1 heterocycles. The molecule has 6 heteroatoms. The standard InChI is InChI=1S/C28H31BrO5/c1-30-28-25(29)27(33-19-23-15-9-4-10-16-23)26(32-18-22-13-7-3-8-14-22)24(34-28)20-31-17-21-11-5-2-6-12-21/h2-16,24-28H,17-20H2,1H3/t24-,25+,26-,27-,28+/m1/s1. The van der Waals surface area contributed by atoms with Crippen molar-refractivity contribution >= 4 is 15.9 Å². The van der Waals surface area contributed by atoms with Crippen molar-refractivity contribution in [3.63, 3.8) is 0 Å². The van der Waals surface area contributed by atoms with Gasteiger partial charge < -0.3 is 23.7 Å². The second kappa shape index (κ2) is 13.1. The molecule has 5 atom stereocenters. The Kier molecular flexibility index (Phi) is 9.68. The molecule has 0 spiro atoms. The van der Waals surface area contributed by atoms with Crippen molar-refractivity contribution in [1.82, 2.24) is 0 Å². The number of rotatable bonds is 11. The molecule has 0 saturated carbocycles. The highest BCUT2D eigenvalue weighted by atomic mass is 79.9. The Morgan fingerprint density at radius 2 is 1.15 bits per heavy atom. The largest absolute Gasteiger partial charge is 0.374 e. The fourth-order valence-electron chi connectivity index (χ4n) is 3.98. The first-order valence-corrected chi connectivity index (χ1v) is 12.4. The molecule has 0 N–H and O–H groups in total. The van der Waals surface area contributed by atoms with Crippen LogP contribution in [-0.4, -0.2) is 43.1 Å². The fourth-order valence-corrected chi connectivity index (χ4v) is 4.78. The van der Waals surface area contributed by atoms with E-state index < -0.39 is 6.29 Å². The van der Waals surface area contributed by atoms with Gasteiger partial charge in [0.1, 0.15) is 18.3 Å². The summed E-state index contributed by atoms with van der Waals surface area (Å²) in [4.78, 5) is -0.202. The Labute approximate surface area is 210 Å². The normalized spacial score (nSPS) is 24.7. The van der Waals surface area contributed by atoms with Crippen molar-refractivity contribution in [3.05, 3.63) is 108 Å². The van der Waals surface area contributed by atoms with Crippen molar-refractivity contribution in [2.75, 3.05) is 13.7 Å². The molecule has 1 aliphatic heterocycles. The van der Waals surface area contributed by atoms with Crippen LogP contribution in [0.2, 0.25) is 0 Å². The monoisotopic (exact) mass is 526 g/mol. The van der Waals surface area contributed by atoms with Crippen LogP contribution in [0.25, 0.3) is 0 Å². The summed E-state index contributed by atoms with van der Waals surface area (Å²) in [6, 6.07) is 30.3. The van der Waals surface area contributed by atoms with Crippen molar-refractivity contribution in [2.24, 2.45) is 0 Å². The summed E-state index contributed by atoms with van der Waals surface area (Å²) in [5.41, 5.74) is 3.30. The number of alkyl halides is 1. The molecule has 34 heavy (non-hydrogen) atoms. The van der Waals surface area contributed by atoms with Gasteiger partial charge >= 0.3 is 0 Å². The van der Waals surface area contributed by atoms with Gasteiger partial charge in [0.05, 0.1) is 31.3 Å². The van der Waals surface area contributed by atoms with Crippen molar-refractivity contribution in [1.29, 1.82) is 0 Å². The fraction of sp³-hybridized carbons (Fsp3) is 0.357. The molecule has 180 valence electrons. The van der Waals surface area contributed by atoms with Gasteiger partial charge in [0.25, 0.3) is 0 Å². The molecular formula is C28H31BrO5. The highest BCUT2D eigenvalue weighted by molar-refractivity contribution is 9.09. The molecule has 4 rings (SSSR count). The first-order chi connectivity index (χ1) is 16.7. The van der Waals surface area contributed by atoms with Crippen LogP contribution < -0.4 is 0 Å². The van der Waals surface area contributed by atoms with Crippen LogP contribution in [0, 0.1) is 0 Å². The smallest absolute Gasteiger partial charge is 0.172 e. The number of methoxy groups -OCH3 is 1. The molecule has 1 saturated heterocycles. The van der Waals surface area contributed by atoms with Gasteiger partial charge in [-0.3, -0.25) is 0 Å². The van der Waals surface area contributed by atoms with Gasteiger partial charge in [-0.25, -0.2) is 0 Å². The number of ether oxygens (including phenoxy) is 5. The lowest BCUT2D eigenvalue weighted by Crippen LogP contribution is -2.58. The molecular weight excluding hydrogens is 496 g/mol. The summed E-state index contributed by atoms with van der Waals surface area (Å²) in [5.74, 6) is 0. The van der Waals surface area contributed by atoms with E-state index in [0.717, 1.165) is 16.7 Å². The van der Waals surface area contributed by atoms with Crippen LogP contribution in [0.3, 0.4) is 0 Å².